The summed E-state index contributed by atoms with van der Waals surface area (Å²) in [4.78, 5) is 22.5. The first-order valence-corrected chi connectivity index (χ1v) is 6.25. The van der Waals surface area contributed by atoms with Gasteiger partial charge in [-0.25, -0.2) is 4.79 Å². The van der Waals surface area contributed by atoms with Crippen LogP contribution in [-0.4, -0.2) is 25.1 Å². The molecule has 1 aromatic carbocycles. The normalized spacial score (nSPS) is 9.84. The minimum atomic E-state index is -0.856. The van der Waals surface area contributed by atoms with Crippen LogP contribution in [-0.2, 0) is 20.9 Å². The van der Waals surface area contributed by atoms with Crippen molar-refractivity contribution in [3.05, 3.63) is 29.3 Å². The first-order chi connectivity index (χ1) is 9.08. The van der Waals surface area contributed by atoms with Crippen molar-refractivity contribution in [3.63, 3.8) is 0 Å². The van der Waals surface area contributed by atoms with E-state index < -0.39 is 11.9 Å². The molecule has 1 amide bonds. The van der Waals surface area contributed by atoms with Crippen LogP contribution in [0.5, 0.6) is 5.75 Å². The van der Waals surface area contributed by atoms with Gasteiger partial charge in [-0.1, -0.05) is 12.1 Å². The summed E-state index contributed by atoms with van der Waals surface area (Å²) in [5.41, 5.74) is 1.89. The monoisotopic (exact) mass is 265 g/mol. The van der Waals surface area contributed by atoms with Gasteiger partial charge >= 0.3 is 11.9 Å². The van der Waals surface area contributed by atoms with Gasteiger partial charge in [0.15, 0.2) is 0 Å². The molecule has 0 aliphatic heterocycles. The lowest BCUT2D eigenvalue weighted by atomic mass is 10.1. The van der Waals surface area contributed by atoms with Crippen molar-refractivity contribution in [2.75, 3.05) is 13.2 Å². The molecule has 1 rings (SSSR count). The van der Waals surface area contributed by atoms with E-state index in [0.29, 0.717) is 6.61 Å². The number of rotatable bonds is 5. The average Bonchev–Trinajstić information content (AvgIpc) is 2.39. The summed E-state index contributed by atoms with van der Waals surface area (Å²) >= 11 is 0. The molecule has 0 heterocycles. The molecule has 0 unspecified atom stereocenters. The molecule has 0 spiro atoms. The van der Waals surface area contributed by atoms with Gasteiger partial charge in [-0.05, 0) is 38.0 Å². The van der Waals surface area contributed by atoms with E-state index >= 15 is 0 Å². The Hall–Kier alpha value is -2.04. The maximum absolute atomic E-state index is 11.4. The summed E-state index contributed by atoms with van der Waals surface area (Å²) in [6, 6.07) is 5.62. The highest BCUT2D eigenvalue weighted by molar-refractivity contribution is 6.32. The van der Waals surface area contributed by atoms with Crippen molar-refractivity contribution in [2.24, 2.45) is 0 Å². The van der Waals surface area contributed by atoms with Crippen LogP contribution in [0.2, 0.25) is 0 Å². The van der Waals surface area contributed by atoms with Gasteiger partial charge in [0.2, 0.25) is 0 Å². The second-order valence-electron chi connectivity index (χ2n) is 3.94. The maximum atomic E-state index is 11.4. The molecule has 5 heteroatoms. The number of carbonyl (C=O) groups excluding carboxylic acids is 2. The van der Waals surface area contributed by atoms with Crippen molar-refractivity contribution in [1.29, 1.82) is 0 Å². The second-order valence-corrected chi connectivity index (χ2v) is 3.94. The standard InChI is InChI=1S/C14H19NO4/c1-4-18-12-7-6-11(8-10(12)3)9-15-13(16)14(17)19-5-2/h6-8H,4-5,9H2,1-3H3,(H,15,16). The summed E-state index contributed by atoms with van der Waals surface area (Å²) in [6.45, 7) is 6.59. The summed E-state index contributed by atoms with van der Waals surface area (Å²) in [6.07, 6.45) is 0. The third kappa shape index (κ3) is 4.62. The largest absolute Gasteiger partial charge is 0.494 e. The van der Waals surface area contributed by atoms with Gasteiger partial charge < -0.3 is 14.8 Å². The Morgan fingerprint density at radius 2 is 1.95 bits per heavy atom. The number of amides is 1. The lowest BCUT2D eigenvalue weighted by Gasteiger charge is -2.09. The minimum Gasteiger partial charge on any atom is -0.494 e. The van der Waals surface area contributed by atoms with Crippen LogP contribution in [0.15, 0.2) is 18.2 Å². The molecule has 0 atom stereocenters. The van der Waals surface area contributed by atoms with Crippen LogP contribution in [0, 0.1) is 6.92 Å². The Morgan fingerprint density at radius 3 is 2.53 bits per heavy atom. The third-order valence-electron chi connectivity index (χ3n) is 2.45. The maximum Gasteiger partial charge on any atom is 0.396 e. The molecular formula is C14H19NO4. The molecule has 5 nitrogen and oxygen atoms in total. The number of benzene rings is 1. The van der Waals surface area contributed by atoms with Gasteiger partial charge in [0, 0.05) is 6.54 Å². The summed E-state index contributed by atoms with van der Waals surface area (Å²) in [5.74, 6) is -0.762. The molecule has 0 aliphatic rings. The molecule has 19 heavy (non-hydrogen) atoms. The zero-order chi connectivity index (χ0) is 14.3. The molecule has 0 aliphatic carbocycles. The van der Waals surface area contributed by atoms with E-state index in [1.807, 2.05) is 32.0 Å². The fraction of sp³-hybridized carbons (Fsp3) is 0.429. The Balaban J connectivity index is 2.56. The van der Waals surface area contributed by atoms with E-state index in [0.717, 1.165) is 16.9 Å². The lowest BCUT2D eigenvalue weighted by molar-refractivity contribution is -0.154. The minimum absolute atomic E-state index is 0.189. The highest BCUT2D eigenvalue weighted by atomic mass is 16.5. The van der Waals surface area contributed by atoms with E-state index in [1.165, 1.54) is 0 Å². The predicted octanol–water partition coefficient (Wildman–Crippen LogP) is 1.57. The van der Waals surface area contributed by atoms with Gasteiger partial charge in [-0.2, -0.15) is 0 Å². The molecule has 0 bridgehead atoms. The quantitative estimate of drug-likeness (QED) is 0.648. The number of hydrogen-bond acceptors (Lipinski definition) is 4. The van der Waals surface area contributed by atoms with Crippen LogP contribution in [0.4, 0.5) is 0 Å². The van der Waals surface area contributed by atoms with E-state index in [4.69, 9.17) is 4.74 Å². The number of hydrogen-bond donors (Lipinski definition) is 1. The van der Waals surface area contributed by atoms with Crippen LogP contribution >= 0.6 is 0 Å². The van der Waals surface area contributed by atoms with E-state index in [1.54, 1.807) is 6.92 Å². The van der Waals surface area contributed by atoms with Crippen LogP contribution in [0.3, 0.4) is 0 Å². The van der Waals surface area contributed by atoms with Crippen molar-refractivity contribution in [1.82, 2.24) is 5.32 Å². The van der Waals surface area contributed by atoms with Crippen LogP contribution in [0.1, 0.15) is 25.0 Å². The highest BCUT2D eigenvalue weighted by Crippen LogP contribution is 2.18. The van der Waals surface area contributed by atoms with Crippen molar-refractivity contribution in [3.8, 4) is 5.75 Å². The smallest absolute Gasteiger partial charge is 0.396 e. The van der Waals surface area contributed by atoms with Gasteiger partial charge in [-0.15, -0.1) is 0 Å². The van der Waals surface area contributed by atoms with Crippen molar-refractivity contribution >= 4 is 11.9 Å². The van der Waals surface area contributed by atoms with E-state index in [2.05, 4.69) is 10.1 Å². The second kappa shape index (κ2) is 7.41. The molecule has 0 saturated heterocycles. The highest BCUT2D eigenvalue weighted by Gasteiger charge is 2.13. The predicted molar refractivity (Wildman–Crippen MR) is 70.8 cm³/mol. The van der Waals surface area contributed by atoms with E-state index in [9.17, 15) is 9.59 Å². The van der Waals surface area contributed by atoms with Gasteiger partial charge in [-0.3, -0.25) is 4.79 Å². The fourth-order valence-electron chi connectivity index (χ4n) is 1.59. The molecule has 1 N–H and O–H groups in total. The summed E-state index contributed by atoms with van der Waals surface area (Å²) in [5, 5.41) is 2.51. The van der Waals surface area contributed by atoms with Crippen LogP contribution < -0.4 is 10.1 Å². The lowest BCUT2D eigenvalue weighted by Crippen LogP contribution is -2.32. The molecule has 0 fully saturated rings. The Labute approximate surface area is 112 Å². The number of aryl methyl sites for hydroxylation is 1. The zero-order valence-electron chi connectivity index (χ0n) is 11.5. The number of ether oxygens (including phenoxy) is 2. The number of nitrogens with one attached hydrogen (secondary N) is 1. The summed E-state index contributed by atoms with van der Waals surface area (Å²) < 4.78 is 10.0. The Bertz CT molecular complexity index is 457. The van der Waals surface area contributed by atoms with Crippen molar-refractivity contribution < 1.29 is 19.1 Å². The SMILES string of the molecule is CCOC(=O)C(=O)NCc1ccc(OCC)c(C)c1. The van der Waals surface area contributed by atoms with Gasteiger partial charge in [0.05, 0.1) is 13.2 Å². The van der Waals surface area contributed by atoms with Gasteiger partial charge in [0.25, 0.3) is 0 Å². The van der Waals surface area contributed by atoms with Gasteiger partial charge in [0.1, 0.15) is 5.75 Å². The molecule has 0 saturated carbocycles. The number of esters is 1. The first-order valence-electron chi connectivity index (χ1n) is 6.25. The zero-order valence-corrected chi connectivity index (χ0v) is 11.5. The fourth-order valence-corrected chi connectivity index (χ4v) is 1.59. The Kier molecular flexibility index (Phi) is 5.85. The Morgan fingerprint density at radius 1 is 1.21 bits per heavy atom. The third-order valence-corrected chi connectivity index (χ3v) is 2.45. The first kappa shape index (κ1) is 15.0. The summed E-state index contributed by atoms with van der Waals surface area (Å²) in [7, 11) is 0. The molecule has 0 aromatic heterocycles. The molecule has 0 radical (unpaired) electrons. The van der Waals surface area contributed by atoms with Crippen molar-refractivity contribution in [2.45, 2.75) is 27.3 Å². The topological polar surface area (TPSA) is 64.6 Å². The molecule has 1 aromatic rings. The number of carbonyl (C=O) groups is 2. The molecule has 104 valence electrons. The van der Waals surface area contributed by atoms with E-state index in [-0.39, 0.29) is 13.2 Å². The average molecular weight is 265 g/mol. The molecular weight excluding hydrogens is 246 g/mol. The van der Waals surface area contributed by atoms with Crippen LogP contribution in [0.25, 0.3) is 0 Å².